The fourth-order valence-corrected chi connectivity index (χ4v) is 4.97. The van der Waals surface area contributed by atoms with Gasteiger partial charge in [0.15, 0.2) is 0 Å². The zero-order chi connectivity index (χ0) is 23.5. The van der Waals surface area contributed by atoms with Crippen molar-refractivity contribution in [2.24, 2.45) is 0 Å². The number of rotatable bonds is 8. The Morgan fingerprint density at radius 3 is 2.21 bits per heavy atom. The van der Waals surface area contributed by atoms with Crippen molar-refractivity contribution in [2.45, 2.75) is 25.2 Å². The fourth-order valence-electron chi connectivity index (χ4n) is 4.55. The smallest absolute Gasteiger partial charge is 0.261 e. The summed E-state index contributed by atoms with van der Waals surface area (Å²) in [6, 6.07) is 25.9. The first-order valence-corrected chi connectivity index (χ1v) is 12.2. The minimum atomic E-state index is -0.222. The highest BCUT2D eigenvalue weighted by Gasteiger charge is 2.34. The van der Waals surface area contributed by atoms with Crippen LogP contribution in [0.2, 0.25) is 0 Å². The molecular formula is C28H24BrN3O2. The lowest BCUT2D eigenvalue weighted by Gasteiger charge is -2.18. The standard InChI is InChI=1S/C28H24BrN3O2/c29-21-10-6-9-20(17-21)23(19-7-2-1-3-8-19)13-14-26-30-18-22(31-26)15-16-32-27(33)24-11-4-5-12-25(24)28(32)34/h1-12,17-18,23H,13-16H2,(H,30,31). The summed E-state index contributed by atoms with van der Waals surface area (Å²) in [6.07, 6.45) is 4.06. The molecule has 1 N–H and O–H groups in total. The van der Waals surface area contributed by atoms with Gasteiger partial charge in [0, 0.05) is 41.7 Å². The zero-order valence-corrected chi connectivity index (χ0v) is 20.2. The third-order valence-electron chi connectivity index (χ3n) is 6.29. The Hall–Kier alpha value is -3.51. The number of aromatic nitrogens is 2. The van der Waals surface area contributed by atoms with Gasteiger partial charge in [0.25, 0.3) is 11.8 Å². The third kappa shape index (κ3) is 4.59. The molecule has 5 nitrogen and oxygen atoms in total. The minimum Gasteiger partial charge on any atom is -0.346 e. The Balaban J connectivity index is 1.24. The van der Waals surface area contributed by atoms with E-state index in [4.69, 9.17) is 0 Å². The Labute approximate surface area is 207 Å². The molecule has 0 saturated heterocycles. The van der Waals surface area contributed by atoms with Crippen molar-refractivity contribution in [1.82, 2.24) is 14.9 Å². The second-order valence-electron chi connectivity index (χ2n) is 8.47. The Morgan fingerprint density at radius 2 is 1.50 bits per heavy atom. The van der Waals surface area contributed by atoms with Crippen molar-refractivity contribution in [3.05, 3.63) is 123 Å². The van der Waals surface area contributed by atoms with E-state index in [1.54, 1.807) is 24.3 Å². The average molecular weight is 514 g/mol. The molecule has 0 bridgehead atoms. The van der Waals surface area contributed by atoms with Crippen LogP contribution in [-0.2, 0) is 12.8 Å². The number of hydrogen-bond acceptors (Lipinski definition) is 3. The van der Waals surface area contributed by atoms with Crippen LogP contribution in [0.5, 0.6) is 0 Å². The number of imide groups is 1. The summed E-state index contributed by atoms with van der Waals surface area (Å²) in [5, 5.41) is 0. The summed E-state index contributed by atoms with van der Waals surface area (Å²) in [7, 11) is 0. The lowest BCUT2D eigenvalue weighted by molar-refractivity contribution is 0.0656. The number of halogens is 1. The first-order valence-electron chi connectivity index (χ1n) is 11.4. The molecule has 1 atom stereocenters. The van der Waals surface area contributed by atoms with Crippen LogP contribution in [-0.4, -0.2) is 33.2 Å². The number of aryl methyl sites for hydroxylation is 1. The molecule has 1 unspecified atom stereocenters. The summed E-state index contributed by atoms with van der Waals surface area (Å²) < 4.78 is 1.07. The second-order valence-corrected chi connectivity index (χ2v) is 9.39. The summed E-state index contributed by atoms with van der Waals surface area (Å²) in [5.41, 5.74) is 4.43. The van der Waals surface area contributed by atoms with Gasteiger partial charge in [-0.15, -0.1) is 0 Å². The average Bonchev–Trinajstić information content (AvgIpc) is 3.41. The maximum atomic E-state index is 12.6. The van der Waals surface area contributed by atoms with Gasteiger partial charge < -0.3 is 4.98 Å². The number of carbonyl (C=O) groups is 2. The molecule has 1 aliphatic heterocycles. The molecule has 4 aromatic rings. The lowest BCUT2D eigenvalue weighted by Crippen LogP contribution is -2.31. The van der Waals surface area contributed by atoms with Crippen LogP contribution in [0.1, 0.15) is 55.7 Å². The number of imidazole rings is 1. The van der Waals surface area contributed by atoms with Crippen LogP contribution >= 0.6 is 15.9 Å². The Kier molecular flexibility index (Phi) is 6.41. The second kappa shape index (κ2) is 9.77. The van der Waals surface area contributed by atoms with Gasteiger partial charge in [0.05, 0.1) is 11.1 Å². The van der Waals surface area contributed by atoms with Gasteiger partial charge in [-0.1, -0.05) is 70.5 Å². The van der Waals surface area contributed by atoms with E-state index in [0.29, 0.717) is 24.1 Å². The minimum absolute atomic E-state index is 0.222. The molecule has 0 spiro atoms. The molecule has 6 heteroatoms. The molecule has 2 heterocycles. The molecule has 0 aliphatic carbocycles. The Bertz CT molecular complexity index is 1300. The predicted molar refractivity (Wildman–Crippen MR) is 135 cm³/mol. The molecule has 2 amide bonds. The zero-order valence-electron chi connectivity index (χ0n) is 18.6. The predicted octanol–water partition coefficient (Wildman–Crippen LogP) is 5.78. The normalized spacial score (nSPS) is 13.9. The maximum Gasteiger partial charge on any atom is 0.261 e. The van der Waals surface area contributed by atoms with E-state index in [1.165, 1.54) is 16.0 Å². The highest BCUT2D eigenvalue weighted by atomic mass is 79.9. The first-order chi connectivity index (χ1) is 16.6. The van der Waals surface area contributed by atoms with Crippen LogP contribution in [0, 0.1) is 0 Å². The van der Waals surface area contributed by atoms with Gasteiger partial charge in [-0.05, 0) is 41.8 Å². The fraction of sp³-hybridized carbons (Fsp3) is 0.179. The third-order valence-corrected chi connectivity index (χ3v) is 6.78. The summed E-state index contributed by atoms with van der Waals surface area (Å²) in [6.45, 7) is 0.332. The van der Waals surface area contributed by atoms with Crippen LogP contribution in [0.15, 0.2) is 89.5 Å². The molecule has 1 aliphatic rings. The number of fused-ring (bicyclic) bond motifs is 1. The first kappa shape index (κ1) is 22.3. The summed E-state index contributed by atoms with van der Waals surface area (Å²) in [4.78, 5) is 34.4. The highest BCUT2D eigenvalue weighted by Crippen LogP contribution is 2.30. The number of nitrogens with zero attached hydrogens (tertiary/aromatic N) is 2. The van der Waals surface area contributed by atoms with Crippen LogP contribution in [0.3, 0.4) is 0 Å². The van der Waals surface area contributed by atoms with Gasteiger partial charge in [0.2, 0.25) is 0 Å². The van der Waals surface area contributed by atoms with Gasteiger partial charge in [-0.3, -0.25) is 14.5 Å². The SMILES string of the molecule is O=C1c2ccccc2C(=O)N1CCc1cnc(CCC(c2ccccc2)c2cccc(Br)c2)[nH]1. The summed E-state index contributed by atoms with van der Waals surface area (Å²) >= 11 is 3.60. The molecular weight excluding hydrogens is 490 g/mol. The number of hydrogen-bond donors (Lipinski definition) is 1. The largest absolute Gasteiger partial charge is 0.346 e. The van der Waals surface area contributed by atoms with E-state index >= 15 is 0 Å². The van der Waals surface area contributed by atoms with Crippen molar-refractivity contribution >= 4 is 27.7 Å². The van der Waals surface area contributed by atoms with Crippen molar-refractivity contribution in [1.29, 1.82) is 0 Å². The van der Waals surface area contributed by atoms with E-state index in [9.17, 15) is 9.59 Å². The molecule has 34 heavy (non-hydrogen) atoms. The highest BCUT2D eigenvalue weighted by molar-refractivity contribution is 9.10. The van der Waals surface area contributed by atoms with E-state index in [-0.39, 0.29) is 17.7 Å². The molecule has 0 radical (unpaired) electrons. The quantitative estimate of drug-likeness (QED) is 0.304. The van der Waals surface area contributed by atoms with E-state index < -0.39 is 0 Å². The Morgan fingerprint density at radius 1 is 0.824 bits per heavy atom. The summed E-state index contributed by atoms with van der Waals surface area (Å²) in [5.74, 6) is 0.721. The molecule has 1 aromatic heterocycles. The van der Waals surface area contributed by atoms with Gasteiger partial charge >= 0.3 is 0 Å². The number of benzene rings is 3. The van der Waals surface area contributed by atoms with E-state index in [0.717, 1.165) is 28.8 Å². The monoisotopic (exact) mass is 513 g/mol. The van der Waals surface area contributed by atoms with E-state index in [2.05, 4.69) is 68.4 Å². The number of H-pyrrole nitrogens is 1. The van der Waals surface area contributed by atoms with Crippen LogP contribution in [0.4, 0.5) is 0 Å². The number of aromatic amines is 1. The topological polar surface area (TPSA) is 66.1 Å². The molecule has 170 valence electrons. The van der Waals surface area contributed by atoms with Crippen molar-refractivity contribution in [3.63, 3.8) is 0 Å². The van der Waals surface area contributed by atoms with Gasteiger partial charge in [-0.25, -0.2) is 4.98 Å². The van der Waals surface area contributed by atoms with Gasteiger partial charge in [-0.2, -0.15) is 0 Å². The van der Waals surface area contributed by atoms with Crippen molar-refractivity contribution in [2.75, 3.05) is 6.54 Å². The van der Waals surface area contributed by atoms with Crippen molar-refractivity contribution in [3.8, 4) is 0 Å². The van der Waals surface area contributed by atoms with Crippen LogP contribution in [0.25, 0.3) is 0 Å². The molecule has 5 rings (SSSR count). The van der Waals surface area contributed by atoms with Gasteiger partial charge in [0.1, 0.15) is 5.82 Å². The molecule has 3 aromatic carbocycles. The van der Waals surface area contributed by atoms with E-state index in [1.807, 2.05) is 18.3 Å². The van der Waals surface area contributed by atoms with Crippen LogP contribution < -0.4 is 0 Å². The number of amides is 2. The lowest BCUT2D eigenvalue weighted by atomic mass is 9.87. The number of carbonyl (C=O) groups excluding carboxylic acids is 2. The van der Waals surface area contributed by atoms with Crippen molar-refractivity contribution < 1.29 is 9.59 Å². The molecule has 0 fully saturated rings. The number of nitrogens with one attached hydrogen (secondary N) is 1. The maximum absolute atomic E-state index is 12.6. The molecule has 0 saturated carbocycles.